The SMILES string of the molecule is NC(C(=O)O)c1c(Cl)nc2sccn12. The van der Waals surface area contributed by atoms with Gasteiger partial charge >= 0.3 is 5.97 Å². The van der Waals surface area contributed by atoms with E-state index in [9.17, 15) is 4.79 Å². The van der Waals surface area contributed by atoms with Gasteiger partial charge in [-0.05, 0) is 0 Å². The molecule has 0 aliphatic heterocycles. The number of fused-ring (bicyclic) bond motifs is 1. The second kappa shape index (κ2) is 3.23. The third kappa shape index (κ3) is 1.28. The van der Waals surface area contributed by atoms with Crippen molar-refractivity contribution in [1.29, 1.82) is 0 Å². The van der Waals surface area contributed by atoms with Crippen LogP contribution in [-0.2, 0) is 4.79 Å². The molecule has 0 aliphatic carbocycles. The zero-order chi connectivity index (χ0) is 10.3. The van der Waals surface area contributed by atoms with E-state index in [-0.39, 0.29) is 5.15 Å². The molecule has 5 nitrogen and oxygen atoms in total. The lowest BCUT2D eigenvalue weighted by atomic mass is 10.2. The van der Waals surface area contributed by atoms with Crippen molar-refractivity contribution in [3.63, 3.8) is 0 Å². The van der Waals surface area contributed by atoms with Crippen molar-refractivity contribution < 1.29 is 9.90 Å². The number of aromatic nitrogens is 2. The first-order valence-corrected chi connectivity index (χ1v) is 4.96. The van der Waals surface area contributed by atoms with Gasteiger partial charge in [-0.2, -0.15) is 0 Å². The Morgan fingerprint density at radius 1 is 1.79 bits per heavy atom. The summed E-state index contributed by atoms with van der Waals surface area (Å²) in [6.07, 6.45) is 1.69. The van der Waals surface area contributed by atoms with E-state index in [4.69, 9.17) is 22.4 Å². The molecule has 0 bridgehead atoms. The Labute approximate surface area is 87.7 Å². The van der Waals surface area contributed by atoms with Gasteiger partial charge in [0, 0.05) is 11.6 Å². The molecule has 0 spiro atoms. The van der Waals surface area contributed by atoms with E-state index in [2.05, 4.69) is 4.98 Å². The number of rotatable bonds is 2. The molecule has 74 valence electrons. The fourth-order valence-corrected chi connectivity index (χ4v) is 2.23. The number of nitrogens with two attached hydrogens (primary N) is 1. The van der Waals surface area contributed by atoms with Crippen LogP contribution in [0.2, 0.25) is 5.15 Å². The minimum Gasteiger partial charge on any atom is -0.480 e. The highest BCUT2D eigenvalue weighted by Gasteiger charge is 2.23. The zero-order valence-electron chi connectivity index (χ0n) is 6.85. The van der Waals surface area contributed by atoms with Gasteiger partial charge in [0.1, 0.15) is 6.04 Å². The molecule has 0 amide bonds. The quantitative estimate of drug-likeness (QED) is 0.812. The van der Waals surface area contributed by atoms with Crippen molar-refractivity contribution in [2.45, 2.75) is 6.04 Å². The smallest absolute Gasteiger partial charge is 0.326 e. The molecule has 2 heterocycles. The van der Waals surface area contributed by atoms with E-state index in [1.54, 1.807) is 16.0 Å². The molecule has 2 aromatic rings. The van der Waals surface area contributed by atoms with Gasteiger partial charge in [0.25, 0.3) is 0 Å². The average molecular weight is 232 g/mol. The second-order valence-electron chi connectivity index (χ2n) is 2.66. The summed E-state index contributed by atoms with van der Waals surface area (Å²) in [5.74, 6) is -1.13. The van der Waals surface area contributed by atoms with E-state index in [0.29, 0.717) is 10.7 Å². The average Bonchev–Trinajstić information content (AvgIpc) is 2.62. The Morgan fingerprint density at radius 2 is 2.50 bits per heavy atom. The van der Waals surface area contributed by atoms with Gasteiger partial charge in [0.2, 0.25) is 0 Å². The van der Waals surface area contributed by atoms with Crippen LogP contribution in [0.15, 0.2) is 11.6 Å². The van der Waals surface area contributed by atoms with Gasteiger partial charge in [-0.15, -0.1) is 11.3 Å². The number of nitrogens with zero attached hydrogens (tertiary/aromatic N) is 2. The third-order valence-corrected chi connectivity index (χ3v) is 2.85. The maximum atomic E-state index is 10.7. The van der Waals surface area contributed by atoms with Crippen LogP contribution in [-0.4, -0.2) is 20.5 Å². The number of aliphatic carboxylic acids is 1. The van der Waals surface area contributed by atoms with Crippen molar-refractivity contribution in [2.24, 2.45) is 5.73 Å². The van der Waals surface area contributed by atoms with Crippen molar-refractivity contribution in [3.8, 4) is 0 Å². The van der Waals surface area contributed by atoms with Gasteiger partial charge in [-0.1, -0.05) is 11.6 Å². The van der Waals surface area contributed by atoms with E-state index < -0.39 is 12.0 Å². The molecule has 2 aromatic heterocycles. The van der Waals surface area contributed by atoms with E-state index in [1.807, 2.05) is 0 Å². The summed E-state index contributed by atoms with van der Waals surface area (Å²) in [5.41, 5.74) is 5.78. The van der Waals surface area contributed by atoms with E-state index in [1.165, 1.54) is 11.3 Å². The van der Waals surface area contributed by atoms with Gasteiger partial charge in [0.15, 0.2) is 10.1 Å². The molecule has 0 saturated carbocycles. The number of carboxylic acids is 1. The number of hydrogen-bond donors (Lipinski definition) is 2. The fourth-order valence-electron chi connectivity index (χ4n) is 1.17. The first-order chi connectivity index (χ1) is 6.61. The van der Waals surface area contributed by atoms with Crippen molar-refractivity contribution in [1.82, 2.24) is 9.38 Å². The Bertz CT molecular complexity index is 492. The molecule has 0 saturated heterocycles. The standard InChI is InChI=1S/C7H6ClN3O2S/c8-5-4(3(9)6(12)13)11-1-2-14-7(11)10-5/h1-3H,9H2,(H,12,13). The van der Waals surface area contributed by atoms with Crippen LogP contribution >= 0.6 is 22.9 Å². The van der Waals surface area contributed by atoms with E-state index in [0.717, 1.165) is 0 Å². The lowest BCUT2D eigenvalue weighted by Crippen LogP contribution is -2.22. The van der Waals surface area contributed by atoms with Crippen molar-refractivity contribution in [3.05, 3.63) is 22.4 Å². The maximum absolute atomic E-state index is 10.7. The minimum absolute atomic E-state index is 0.145. The molecule has 3 N–H and O–H groups in total. The van der Waals surface area contributed by atoms with Gasteiger partial charge in [-0.3, -0.25) is 9.20 Å². The molecular formula is C7H6ClN3O2S. The first-order valence-electron chi connectivity index (χ1n) is 3.70. The molecule has 1 atom stereocenters. The van der Waals surface area contributed by atoms with Crippen LogP contribution in [0.25, 0.3) is 4.96 Å². The van der Waals surface area contributed by atoms with Crippen molar-refractivity contribution >= 4 is 33.9 Å². The lowest BCUT2D eigenvalue weighted by molar-refractivity contribution is -0.138. The minimum atomic E-state index is -1.15. The molecule has 0 radical (unpaired) electrons. The number of imidazole rings is 1. The van der Waals surface area contributed by atoms with Crippen LogP contribution in [0.5, 0.6) is 0 Å². The first kappa shape index (κ1) is 9.45. The van der Waals surface area contributed by atoms with Crippen LogP contribution in [0.4, 0.5) is 0 Å². The summed E-state index contributed by atoms with van der Waals surface area (Å²) < 4.78 is 1.59. The molecule has 1 unspecified atom stereocenters. The third-order valence-electron chi connectivity index (χ3n) is 1.81. The summed E-state index contributed by atoms with van der Waals surface area (Å²) in [6.45, 7) is 0. The predicted molar refractivity (Wildman–Crippen MR) is 52.6 cm³/mol. The number of halogens is 1. The molecule has 0 aliphatic rings. The fraction of sp³-hybridized carbons (Fsp3) is 0.143. The predicted octanol–water partition coefficient (Wildman–Crippen LogP) is 1.13. The summed E-state index contributed by atoms with van der Waals surface area (Å²) in [5, 5.41) is 10.7. The number of carboxylic acid groups (broad SMARTS) is 1. The van der Waals surface area contributed by atoms with Gasteiger partial charge in [-0.25, -0.2) is 4.98 Å². The molecule has 7 heteroatoms. The second-order valence-corrected chi connectivity index (χ2v) is 3.89. The summed E-state index contributed by atoms with van der Waals surface area (Å²) in [4.78, 5) is 15.3. The molecule has 0 aromatic carbocycles. The summed E-state index contributed by atoms with van der Waals surface area (Å²) >= 11 is 7.15. The number of carbonyl (C=O) groups is 1. The van der Waals surface area contributed by atoms with Crippen LogP contribution in [0, 0.1) is 0 Å². The monoisotopic (exact) mass is 231 g/mol. The highest BCUT2D eigenvalue weighted by molar-refractivity contribution is 7.15. The van der Waals surface area contributed by atoms with Gasteiger partial charge in [0.05, 0.1) is 5.69 Å². The Kier molecular flexibility index (Phi) is 2.18. The number of thiazole rings is 1. The highest BCUT2D eigenvalue weighted by atomic mass is 35.5. The van der Waals surface area contributed by atoms with Crippen LogP contribution in [0.1, 0.15) is 11.7 Å². The van der Waals surface area contributed by atoms with Crippen molar-refractivity contribution in [2.75, 3.05) is 0 Å². The van der Waals surface area contributed by atoms with Gasteiger partial charge < -0.3 is 10.8 Å². The topological polar surface area (TPSA) is 80.6 Å². The Morgan fingerprint density at radius 3 is 3.14 bits per heavy atom. The van der Waals surface area contributed by atoms with E-state index >= 15 is 0 Å². The maximum Gasteiger partial charge on any atom is 0.326 e. The Balaban J connectivity index is 2.64. The molecule has 14 heavy (non-hydrogen) atoms. The number of hydrogen-bond acceptors (Lipinski definition) is 4. The summed E-state index contributed by atoms with van der Waals surface area (Å²) in [6, 6.07) is -1.15. The highest BCUT2D eigenvalue weighted by Crippen LogP contribution is 2.25. The zero-order valence-corrected chi connectivity index (χ0v) is 8.42. The van der Waals surface area contributed by atoms with Crippen LogP contribution < -0.4 is 5.73 Å². The molecule has 0 fully saturated rings. The molecule has 2 rings (SSSR count). The lowest BCUT2D eigenvalue weighted by Gasteiger charge is -2.04. The normalized spacial score (nSPS) is 13.3. The largest absolute Gasteiger partial charge is 0.480 e. The Hall–Kier alpha value is -1.11. The molecular weight excluding hydrogens is 226 g/mol. The summed E-state index contributed by atoms with van der Waals surface area (Å²) in [7, 11) is 0. The van der Waals surface area contributed by atoms with Crippen LogP contribution in [0.3, 0.4) is 0 Å².